The van der Waals surface area contributed by atoms with Crippen molar-refractivity contribution in [2.45, 2.75) is 31.3 Å². The molecule has 0 saturated carbocycles. The lowest BCUT2D eigenvalue weighted by Gasteiger charge is -2.13. The molecule has 0 fully saturated rings. The predicted molar refractivity (Wildman–Crippen MR) is 146 cm³/mol. The van der Waals surface area contributed by atoms with Gasteiger partial charge in [0.05, 0.1) is 24.4 Å². The number of benzene rings is 3. The molecular formula is C26H25Cl2N5O2S. The average Bonchev–Trinajstić information content (AvgIpc) is 3.28. The molecule has 4 rings (SSSR count). The number of aryl methyl sites for hydroxylation is 2. The van der Waals surface area contributed by atoms with Gasteiger partial charge in [0.15, 0.2) is 11.0 Å². The zero-order valence-electron chi connectivity index (χ0n) is 20.0. The van der Waals surface area contributed by atoms with E-state index in [9.17, 15) is 4.79 Å². The number of rotatable bonds is 8. The standard InChI is InChI=1S/C26H25Cl2N5O2S/c1-16-7-9-20(11-17(16)2)30-25(34)29-14-24-31-32-26(33(24)23-13-19(27)8-10-22(23)28)36-15-18-5-4-6-21(12-18)35-3/h4-13H,14-15H2,1-3H3,(H2,29,30,34). The second kappa shape index (κ2) is 11.7. The van der Waals surface area contributed by atoms with Crippen molar-refractivity contribution >= 4 is 46.7 Å². The quantitative estimate of drug-likeness (QED) is 0.239. The third kappa shape index (κ3) is 6.32. The number of nitrogens with zero attached hydrogens (tertiary/aromatic N) is 3. The Kier molecular flexibility index (Phi) is 8.40. The van der Waals surface area contributed by atoms with Gasteiger partial charge in [0.1, 0.15) is 5.75 Å². The summed E-state index contributed by atoms with van der Waals surface area (Å²) in [6.07, 6.45) is 0. The van der Waals surface area contributed by atoms with Crippen molar-refractivity contribution in [3.05, 3.63) is 93.2 Å². The highest BCUT2D eigenvalue weighted by atomic mass is 35.5. The number of urea groups is 1. The number of halogens is 2. The first kappa shape index (κ1) is 25.9. The highest BCUT2D eigenvalue weighted by molar-refractivity contribution is 7.98. The Balaban J connectivity index is 1.55. The van der Waals surface area contributed by atoms with Crippen LogP contribution in [0, 0.1) is 13.8 Å². The van der Waals surface area contributed by atoms with Crippen LogP contribution in [-0.2, 0) is 12.3 Å². The fourth-order valence-corrected chi connectivity index (χ4v) is 4.75. The van der Waals surface area contributed by atoms with Crippen LogP contribution in [0.5, 0.6) is 5.75 Å². The molecule has 0 aliphatic carbocycles. The molecule has 0 atom stereocenters. The fraction of sp³-hybridized carbons (Fsp3) is 0.192. The maximum atomic E-state index is 12.6. The molecule has 10 heteroatoms. The number of thioether (sulfide) groups is 1. The lowest BCUT2D eigenvalue weighted by Crippen LogP contribution is -2.29. The number of nitrogens with one attached hydrogen (secondary N) is 2. The normalized spacial score (nSPS) is 10.8. The van der Waals surface area contributed by atoms with Crippen LogP contribution in [0.1, 0.15) is 22.5 Å². The van der Waals surface area contributed by atoms with Crippen LogP contribution in [-0.4, -0.2) is 27.9 Å². The zero-order chi connectivity index (χ0) is 25.7. The van der Waals surface area contributed by atoms with Gasteiger partial charge in [0, 0.05) is 16.5 Å². The van der Waals surface area contributed by atoms with Gasteiger partial charge in [-0.2, -0.15) is 0 Å². The van der Waals surface area contributed by atoms with E-state index in [1.807, 2.05) is 60.9 Å². The van der Waals surface area contributed by atoms with Crippen LogP contribution in [0.15, 0.2) is 65.8 Å². The molecule has 2 N–H and O–H groups in total. The summed E-state index contributed by atoms with van der Waals surface area (Å²) in [5.41, 5.74) is 4.67. The number of carbonyl (C=O) groups excluding carboxylic acids is 1. The van der Waals surface area contributed by atoms with Crippen LogP contribution in [0.4, 0.5) is 10.5 Å². The van der Waals surface area contributed by atoms with Gasteiger partial charge in [-0.25, -0.2) is 4.79 Å². The number of hydrogen-bond donors (Lipinski definition) is 2. The van der Waals surface area contributed by atoms with E-state index in [1.165, 1.54) is 11.8 Å². The van der Waals surface area contributed by atoms with E-state index in [0.29, 0.717) is 38.2 Å². The van der Waals surface area contributed by atoms with Crippen LogP contribution < -0.4 is 15.4 Å². The van der Waals surface area contributed by atoms with Gasteiger partial charge in [0.2, 0.25) is 0 Å². The van der Waals surface area contributed by atoms with Crippen molar-refractivity contribution < 1.29 is 9.53 Å². The molecule has 0 spiro atoms. The third-order valence-corrected chi connectivity index (χ3v) is 7.08. The highest BCUT2D eigenvalue weighted by Crippen LogP contribution is 2.31. The minimum Gasteiger partial charge on any atom is -0.497 e. The number of hydrogen-bond acceptors (Lipinski definition) is 5. The van der Waals surface area contributed by atoms with Crippen molar-refractivity contribution in [1.82, 2.24) is 20.1 Å². The summed E-state index contributed by atoms with van der Waals surface area (Å²) < 4.78 is 7.14. The monoisotopic (exact) mass is 541 g/mol. The Hall–Kier alpha value is -3.20. The first-order chi connectivity index (χ1) is 17.3. The highest BCUT2D eigenvalue weighted by Gasteiger charge is 2.18. The molecule has 0 saturated heterocycles. The number of anilines is 1. The Morgan fingerprint density at radius 1 is 1.03 bits per heavy atom. The van der Waals surface area contributed by atoms with Gasteiger partial charge in [-0.1, -0.05) is 53.2 Å². The molecule has 36 heavy (non-hydrogen) atoms. The molecule has 0 aliphatic heterocycles. The second-order valence-electron chi connectivity index (χ2n) is 8.08. The van der Waals surface area contributed by atoms with Crippen molar-refractivity contribution in [3.63, 3.8) is 0 Å². The molecule has 0 aliphatic rings. The Bertz CT molecular complexity index is 1390. The molecule has 4 aromatic rings. The molecular weight excluding hydrogens is 517 g/mol. The minimum absolute atomic E-state index is 0.131. The van der Waals surface area contributed by atoms with E-state index in [1.54, 1.807) is 25.3 Å². The lowest BCUT2D eigenvalue weighted by molar-refractivity contribution is 0.251. The first-order valence-corrected chi connectivity index (χ1v) is 12.9. The van der Waals surface area contributed by atoms with Crippen LogP contribution in [0.25, 0.3) is 5.69 Å². The largest absolute Gasteiger partial charge is 0.497 e. The average molecular weight is 542 g/mol. The van der Waals surface area contributed by atoms with Gasteiger partial charge in [0.25, 0.3) is 0 Å². The molecule has 0 bridgehead atoms. The Morgan fingerprint density at radius 3 is 2.64 bits per heavy atom. The smallest absolute Gasteiger partial charge is 0.319 e. The number of aromatic nitrogens is 3. The second-order valence-corrected chi connectivity index (χ2v) is 9.86. The number of amides is 2. The van der Waals surface area contributed by atoms with E-state index in [4.69, 9.17) is 27.9 Å². The maximum absolute atomic E-state index is 12.6. The first-order valence-electron chi connectivity index (χ1n) is 11.1. The summed E-state index contributed by atoms with van der Waals surface area (Å²) in [6, 6.07) is 18.4. The van der Waals surface area contributed by atoms with Crippen LogP contribution in [0.3, 0.4) is 0 Å². The maximum Gasteiger partial charge on any atom is 0.319 e. The number of methoxy groups -OCH3 is 1. The third-order valence-electron chi connectivity index (χ3n) is 5.52. The molecule has 2 amide bonds. The summed E-state index contributed by atoms with van der Waals surface area (Å²) in [7, 11) is 1.64. The van der Waals surface area contributed by atoms with Gasteiger partial charge in [-0.3, -0.25) is 4.57 Å². The van der Waals surface area contributed by atoms with Crippen molar-refractivity contribution in [3.8, 4) is 11.4 Å². The van der Waals surface area contributed by atoms with Gasteiger partial charge >= 0.3 is 6.03 Å². The van der Waals surface area contributed by atoms with Crippen molar-refractivity contribution in [2.75, 3.05) is 12.4 Å². The number of ether oxygens (including phenoxy) is 1. The van der Waals surface area contributed by atoms with E-state index in [-0.39, 0.29) is 12.6 Å². The van der Waals surface area contributed by atoms with Crippen molar-refractivity contribution in [2.24, 2.45) is 0 Å². The molecule has 0 unspecified atom stereocenters. The lowest BCUT2D eigenvalue weighted by atomic mass is 10.1. The summed E-state index contributed by atoms with van der Waals surface area (Å²) in [5, 5.41) is 16.1. The minimum atomic E-state index is -0.351. The molecule has 3 aromatic carbocycles. The summed E-state index contributed by atoms with van der Waals surface area (Å²) >= 11 is 14.3. The SMILES string of the molecule is COc1cccc(CSc2nnc(CNC(=O)Nc3ccc(C)c(C)c3)n2-c2cc(Cl)ccc2Cl)c1. The predicted octanol–water partition coefficient (Wildman–Crippen LogP) is 6.81. The molecule has 7 nitrogen and oxygen atoms in total. The Morgan fingerprint density at radius 2 is 1.86 bits per heavy atom. The summed E-state index contributed by atoms with van der Waals surface area (Å²) in [6.45, 7) is 4.16. The van der Waals surface area contributed by atoms with Crippen LogP contribution in [0.2, 0.25) is 10.0 Å². The summed E-state index contributed by atoms with van der Waals surface area (Å²) in [5.74, 6) is 1.93. The van der Waals surface area contributed by atoms with Crippen molar-refractivity contribution in [1.29, 1.82) is 0 Å². The zero-order valence-corrected chi connectivity index (χ0v) is 22.3. The molecule has 1 heterocycles. The number of carbonyl (C=O) groups is 1. The molecule has 0 radical (unpaired) electrons. The van der Waals surface area contributed by atoms with E-state index in [0.717, 1.165) is 22.4 Å². The summed E-state index contributed by atoms with van der Waals surface area (Å²) in [4.78, 5) is 12.6. The molecule has 186 valence electrons. The van der Waals surface area contributed by atoms with E-state index in [2.05, 4.69) is 20.8 Å². The fourth-order valence-electron chi connectivity index (χ4n) is 3.47. The van der Waals surface area contributed by atoms with Gasteiger partial charge in [-0.05, 0) is 73.0 Å². The Labute approximate surface area is 224 Å². The van der Waals surface area contributed by atoms with Gasteiger partial charge in [-0.15, -0.1) is 10.2 Å². The molecule has 1 aromatic heterocycles. The van der Waals surface area contributed by atoms with Crippen LogP contribution >= 0.6 is 35.0 Å². The van der Waals surface area contributed by atoms with E-state index < -0.39 is 0 Å². The van der Waals surface area contributed by atoms with Gasteiger partial charge < -0.3 is 15.4 Å². The topological polar surface area (TPSA) is 81.1 Å². The van der Waals surface area contributed by atoms with E-state index >= 15 is 0 Å².